The first-order valence-electron chi connectivity index (χ1n) is 7.80. The predicted molar refractivity (Wildman–Crippen MR) is 95.2 cm³/mol. The molecular formula is C18H16BrFN2O3. The van der Waals surface area contributed by atoms with Crippen molar-refractivity contribution < 1.29 is 18.7 Å². The maximum atomic E-state index is 13.6. The molecule has 2 aromatic carbocycles. The summed E-state index contributed by atoms with van der Waals surface area (Å²) in [6, 6.07) is 11.2. The van der Waals surface area contributed by atoms with Crippen molar-refractivity contribution in [1.82, 2.24) is 5.32 Å². The van der Waals surface area contributed by atoms with Gasteiger partial charge in [-0.15, -0.1) is 0 Å². The number of carbonyl (C=O) groups excluding carboxylic acids is 2. The number of carbonyl (C=O) groups is 2. The van der Waals surface area contributed by atoms with Crippen LogP contribution in [0.1, 0.15) is 23.2 Å². The van der Waals surface area contributed by atoms with Crippen molar-refractivity contribution in [1.29, 1.82) is 0 Å². The van der Waals surface area contributed by atoms with E-state index < -0.39 is 11.7 Å². The summed E-state index contributed by atoms with van der Waals surface area (Å²) in [5.41, 5.74) is 0.956. The third kappa shape index (κ3) is 5.03. The quantitative estimate of drug-likeness (QED) is 0.771. The Balaban J connectivity index is 1.56. The number of hydrogen-bond donors (Lipinski definition) is 2. The minimum absolute atomic E-state index is 0.00379. The van der Waals surface area contributed by atoms with E-state index in [-0.39, 0.29) is 24.3 Å². The van der Waals surface area contributed by atoms with Crippen molar-refractivity contribution in [3.63, 3.8) is 0 Å². The second kappa shape index (κ2) is 7.65. The van der Waals surface area contributed by atoms with Gasteiger partial charge < -0.3 is 15.4 Å². The fourth-order valence-corrected chi connectivity index (χ4v) is 2.50. The van der Waals surface area contributed by atoms with E-state index in [1.807, 2.05) is 0 Å². The van der Waals surface area contributed by atoms with E-state index in [9.17, 15) is 14.0 Å². The van der Waals surface area contributed by atoms with Gasteiger partial charge in [0, 0.05) is 21.8 Å². The first kappa shape index (κ1) is 17.4. The summed E-state index contributed by atoms with van der Waals surface area (Å²) in [5.74, 6) is -1.16. The van der Waals surface area contributed by atoms with Crippen LogP contribution in [0.25, 0.3) is 0 Å². The van der Waals surface area contributed by atoms with Crippen LogP contribution in [0.3, 0.4) is 0 Å². The van der Waals surface area contributed by atoms with Gasteiger partial charge in [0.1, 0.15) is 0 Å². The smallest absolute Gasteiger partial charge is 0.262 e. The first-order valence-corrected chi connectivity index (χ1v) is 8.59. The SMILES string of the molecule is O=C(COc1ccc(Br)cc1F)Nc1cccc(C(=O)NC2CC2)c1. The Bertz CT molecular complexity index is 809. The molecule has 2 N–H and O–H groups in total. The Labute approximate surface area is 152 Å². The molecule has 25 heavy (non-hydrogen) atoms. The maximum Gasteiger partial charge on any atom is 0.262 e. The Hall–Kier alpha value is -2.41. The van der Waals surface area contributed by atoms with Crippen LogP contribution in [0.5, 0.6) is 5.75 Å². The molecule has 3 rings (SSSR count). The normalized spacial score (nSPS) is 13.2. The number of amides is 2. The van der Waals surface area contributed by atoms with Gasteiger partial charge in [0.05, 0.1) is 0 Å². The molecule has 0 bridgehead atoms. The van der Waals surface area contributed by atoms with E-state index in [0.29, 0.717) is 15.7 Å². The minimum atomic E-state index is -0.555. The zero-order valence-electron chi connectivity index (χ0n) is 13.2. The molecule has 7 heteroatoms. The number of anilines is 1. The Kier molecular flexibility index (Phi) is 5.33. The number of hydrogen-bond acceptors (Lipinski definition) is 3. The van der Waals surface area contributed by atoms with Crippen LogP contribution in [0.4, 0.5) is 10.1 Å². The number of rotatable bonds is 6. The van der Waals surface area contributed by atoms with Gasteiger partial charge in [-0.3, -0.25) is 9.59 Å². The molecule has 0 aromatic heterocycles. The molecule has 0 saturated heterocycles. The molecule has 0 spiro atoms. The highest BCUT2D eigenvalue weighted by molar-refractivity contribution is 9.10. The highest BCUT2D eigenvalue weighted by Gasteiger charge is 2.23. The van der Waals surface area contributed by atoms with E-state index in [2.05, 4.69) is 26.6 Å². The van der Waals surface area contributed by atoms with Crippen LogP contribution in [0.2, 0.25) is 0 Å². The summed E-state index contributed by atoms with van der Waals surface area (Å²) < 4.78 is 19.4. The summed E-state index contributed by atoms with van der Waals surface area (Å²) in [4.78, 5) is 24.0. The van der Waals surface area contributed by atoms with E-state index >= 15 is 0 Å². The Morgan fingerprint density at radius 1 is 1.20 bits per heavy atom. The molecule has 1 fully saturated rings. The van der Waals surface area contributed by atoms with Crippen LogP contribution >= 0.6 is 15.9 Å². The first-order chi connectivity index (χ1) is 12.0. The maximum absolute atomic E-state index is 13.6. The lowest BCUT2D eigenvalue weighted by atomic mass is 10.2. The molecule has 1 aliphatic carbocycles. The molecule has 2 amide bonds. The van der Waals surface area contributed by atoms with Crippen LogP contribution in [0, 0.1) is 5.82 Å². The topological polar surface area (TPSA) is 67.4 Å². The lowest BCUT2D eigenvalue weighted by Gasteiger charge is -2.10. The van der Waals surface area contributed by atoms with Gasteiger partial charge in [-0.25, -0.2) is 4.39 Å². The van der Waals surface area contributed by atoms with Crippen molar-refractivity contribution in [2.24, 2.45) is 0 Å². The van der Waals surface area contributed by atoms with Crippen molar-refractivity contribution >= 4 is 33.4 Å². The van der Waals surface area contributed by atoms with Gasteiger partial charge in [-0.2, -0.15) is 0 Å². The largest absolute Gasteiger partial charge is 0.481 e. The summed E-state index contributed by atoms with van der Waals surface area (Å²) in [6.45, 7) is -0.336. The second-order valence-corrected chi connectivity index (χ2v) is 6.66. The van der Waals surface area contributed by atoms with Crippen molar-refractivity contribution in [2.45, 2.75) is 18.9 Å². The Morgan fingerprint density at radius 3 is 2.72 bits per heavy atom. The predicted octanol–water partition coefficient (Wildman–Crippen LogP) is 3.50. The lowest BCUT2D eigenvalue weighted by Crippen LogP contribution is -2.25. The van der Waals surface area contributed by atoms with Gasteiger partial charge >= 0.3 is 0 Å². The summed E-state index contributed by atoms with van der Waals surface area (Å²) in [7, 11) is 0. The molecule has 130 valence electrons. The average Bonchev–Trinajstić information content (AvgIpc) is 3.38. The zero-order valence-corrected chi connectivity index (χ0v) is 14.8. The molecule has 1 aliphatic rings. The molecule has 0 unspecified atom stereocenters. The fraction of sp³-hybridized carbons (Fsp3) is 0.222. The number of ether oxygens (including phenoxy) is 1. The van der Waals surface area contributed by atoms with Crippen molar-refractivity contribution in [2.75, 3.05) is 11.9 Å². The third-order valence-corrected chi connectivity index (χ3v) is 4.07. The average molecular weight is 407 g/mol. The van der Waals surface area contributed by atoms with Crippen molar-refractivity contribution in [3.8, 4) is 5.75 Å². The van der Waals surface area contributed by atoms with Gasteiger partial charge in [0.15, 0.2) is 18.2 Å². The fourth-order valence-electron chi connectivity index (χ4n) is 2.17. The van der Waals surface area contributed by atoms with E-state index in [0.717, 1.165) is 12.8 Å². The molecule has 0 aliphatic heterocycles. The zero-order chi connectivity index (χ0) is 17.8. The molecule has 2 aromatic rings. The monoisotopic (exact) mass is 406 g/mol. The second-order valence-electron chi connectivity index (χ2n) is 5.74. The van der Waals surface area contributed by atoms with E-state index in [1.165, 1.54) is 12.1 Å². The molecule has 0 radical (unpaired) electrons. The number of halogens is 2. The highest BCUT2D eigenvalue weighted by atomic mass is 79.9. The van der Waals surface area contributed by atoms with Crippen LogP contribution in [-0.4, -0.2) is 24.5 Å². The standard InChI is InChI=1S/C18H16BrFN2O3/c19-12-4-7-16(15(20)9-12)25-10-17(23)21-14-3-1-2-11(8-14)18(24)22-13-5-6-13/h1-4,7-9,13H,5-6,10H2,(H,21,23)(H,22,24). The summed E-state index contributed by atoms with van der Waals surface area (Å²) in [6.07, 6.45) is 2.01. The van der Waals surface area contributed by atoms with Gasteiger partial charge in [0.2, 0.25) is 0 Å². The summed E-state index contributed by atoms with van der Waals surface area (Å²) in [5, 5.41) is 5.52. The highest BCUT2D eigenvalue weighted by Crippen LogP contribution is 2.22. The van der Waals surface area contributed by atoms with Crippen LogP contribution < -0.4 is 15.4 Å². The molecule has 0 atom stereocenters. The van der Waals surface area contributed by atoms with Crippen LogP contribution in [0.15, 0.2) is 46.9 Å². The Morgan fingerprint density at radius 2 is 2.00 bits per heavy atom. The molecular weight excluding hydrogens is 391 g/mol. The molecule has 0 heterocycles. The van der Waals surface area contributed by atoms with Gasteiger partial charge in [0.25, 0.3) is 11.8 Å². The van der Waals surface area contributed by atoms with Crippen molar-refractivity contribution in [3.05, 3.63) is 58.3 Å². The molecule has 1 saturated carbocycles. The molecule has 5 nitrogen and oxygen atoms in total. The third-order valence-electron chi connectivity index (χ3n) is 3.57. The summed E-state index contributed by atoms with van der Waals surface area (Å²) >= 11 is 3.15. The van der Waals surface area contributed by atoms with Gasteiger partial charge in [-0.1, -0.05) is 22.0 Å². The lowest BCUT2D eigenvalue weighted by molar-refractivity contribution is -0.118. The van der Waals surface area contributed by atoms with Gasteiger partial charge in [-0.05, 0) is 49.2 Å². The number of benzene rings is 2. The number of nitrogens with one attached hydrogen (secondary N) is 2. The van der Waals surface area contributed by atoms with E-state index in [1.54, 1.807) is 30.3 Å². The van der Waals surface area contributed by atoms with Crippen LogP contribution in [-0.2, 0) is 4.79 Å². The van der Waals surface area contributed by atoms with E-state index in [4.69, 9.17) is 4.74 Å². The minimum Gasteiger partial charge on any atom is -0.481 e.